The number of hydrogen-bond acceptors (Lipinski definition) is 6. The van der Waals surface area contributed by atoms with Crippen LogP contribution in [0.4, 0.5) is 0 Å². The molecule has 1 aromatic carbocycles. The summed E-state index contributed by atoms with van der Waals surface area (Å²) in [5, 5.41) is 12.3. The molecule has 8 nitrogen and oxygen atoms in total. The molecule has 1 amide bonds. The number of benzene rings is 1. The van der Waals surface area contributed by atoms with Crippen LogP contribution < -0.4 is 10.9 Å². The molecule has 4 aromatic rings. The second kappa shape index (κ2) is 7.85. The Balaban J connectivity index is 1.49. The minimum Gasteiger partial charge on any atom is -0.360 e. The van der Waals surface area contributed by atoms with E-state index in [1.807, 2.05) is 16.7 Å². The molecule has 0 radical (unpaired) electrons. The molecule has 0 saturated heterocycles. The molecule has 160 valence electrons. The molecule has 31 heavy (non-hydrogen) atoms. The number of halogens is 1. The van der Waals surface area contributed by atoms with Gasteiger partial charge in [0.2, 0.25) is 5.76 Å². The van der Waals surface area contributed by atoms with Gasteiger partial charge in [-0.2, -0.15) is 0 Å². The van der Waals surface area contributed by atoms with E-state index in [2.05, 4.69) is 15.6 Å². The van der Waals surface area contributed by atoms with Crippen LogP contribution in [0.5, 0.6) is 0 Å². The van der Waals surface area contributed by atoms with Crippen LogP contribution in [0.3, 0.4) is 0 Å². The molecule has 0 aliphatic heterocycles. The van der Waals surface area contributed by atoms with Crippen LogP contribution in [0.1, 0.15) is 48.0 Å². The summed E-state index contributed by atoms with van der Waals surface area (Å²) in [4.78, 5) is 25.7. The number of aryl methyl sites for hydroxylation is 1. The first-order chi connectivity index (χ1) is 15.0. The SMILES string of the molecule is Cc1onc2c1c(=O)n([C@H]1CCC[C@@H](CNC(=O)c3ccno3)C1)c1cccc(Cl)c21. The molecule has 0 unspecified atom stereocenters. The van der Waals surface area contributed by atoms with Crippen LogP contribution in [0.25, 0.3) is 21.8 Å². The Bertz CT molecular complexity index is 1330. The molecule has 5 rings (SSSR count). The maximum atomic E-state index is 13.5. The predicted molar refractivity (Wildman–Crippen MR) is 115 cm³/mol. The van der Waals surface area contributed by atoms with E-state index in [9.17, 15) is 9.59 Å². The average molecular weight is 441 g/mol. The van der Waals surface area contributed by atoms with Crippen LogP contribution in [-0.4, -0.2) is 27.3 Å². The van der Waals surface area contributed by atoms with Crippen molar-refractivity contribution in [2.24, 2.45) is 5.92 Å². The number of carbonyl (C=O) groups excluding carboxylic acids is 1. The third kappa shape index (κ3) is 3.40. The third-order valence-electron chi connectivity index (χ3n) is 6.12. The summed E-state index contributed by atoms with van der Waals surface area (Å²) in [6.07, 6.45) is 5.03. The van der Waals surface area contributed by atoms with Crippen molar-refractivity contribution in [3.8, 4) is 0 Å². The van der Waals surface area contributed by atoms with Crippen molar-refractivity contribution < 1.29 is 13.8 Å². The van der Waals surface area contributed by atoms with Crippen molar-refractivity contribution in [3.05, 3.63) is 57.4 Å². The summed E-state index contributed by atoms with van der Waals surface area (Å²) in [7, 11) is 0. The number of pyridine rings is 1. The van der Waals surface area contributed by atoms with Crippen molar-refractivity contribution in [3.63, 3.8) is 0 Å². The van der Waals surface area contributed by atoms with Gasteiger partial charge in [0.1, 0.15) is 16.7 Å². The number of hydrogen-bond donors (Lipinski definition) is 1. The van der Waals surface area contributed by atoms with Gasteiger partial charge in [0.25, 0.3) is 11.5 Å². The van der Waals surface area contributed by atoms with Crippen LogP contribution in [0.2, 0.25) is 5.02 Å². The molecule has 3 aromatic heterocycles. The van der Waals surface area contributed by atoms with Crippen molar-refractivity contribution in [1.29, 1.82) is 0 Å². The van der Waals surface area contributed by atoms with Crippen LogP contribution >= 0.6 is 11.6 Å². The van der Waals surface area contributed by atoms with Gasteiger partial charge in [-0.25, -0.2) is 0 Å². The van der Waals surface area contributed by atoms with E-state index >= 15 is 0 Å². The first kappa shape index (κ1) is 19.8. The average Bonchev–Trinajstić information content (AvgIpc) is 3.43. The van der Waals surface area contributed by atoms with Gasteiger partial charge in [-0.3, -0.25) is 9.59 Å². The Labute approximate surface area is 182 Å². The standard InChI is InChI=1S/C22H21ClN4O4/c1-12-18-20(26-30-12)19-15(23)6-3-7-16(19)27(22(18)29)14-5-2-4-13(10-14)11-24-21(28)17-8-9-25-31-17/h3,6-9,13-14H,2,4-5,10-11H2,1H3,(H,24,28)/t13-,14+/m1/s1. The minimum atomic E-state index is -0.282. The smallest absolute Gasteiger partial charge is 0.289 e. The lowest BCUT2D eigenvalue weighted by atomic mass is 9.85. The molecule has 1 saturated carbocycles. The fourth-order valence-corrected chi connectivity index (χ4v) is 4.93. The largest absolute Gasteiger partial charge is 0.360 e. The van der Waals surface area contributed by atoms with Gasteiger partial charge in [-0.05, 0) is 44.2 Å². The van der Waals surface area contributed by atoms with E-state index in [1.54, 1.807) is 13.0 Å². The van der Waals surface area contributed by atoms with E-state index in [-0.39, 0.29) is 29.2 Å². The summed E-state index contributed by atoms with van der Waals surface area (Å²) in [5.41, 5.74) is 1.15. The van der Waals surface area contributed by atoms with E-state index in [0.29, 0.717) is 28.2 Å². The summed E-state index contributed by atoms with van der Waals surface area (Å²) >= 11 is 6.51. The van der Waals surface area contributed by atoms with Gasteiger partial charge >= 0.3 is 0 Å². The maximum absolute atomic E-state index is 13.5. The molecule has 3 heterocycles. The fourth-order valence-electron chi connectivity index (χ4n) is 4.67. The van der Waals surface area contributed by atoms with Crippen molar-refractivity contribution in [2.75, 3.05) is 6.54 Å². The van der Waals surface area contributed by atoms with Gasteiger partial charge in [0.15, 0.2) is 0 Å². The Hall–Kier alpha value is -3.13. The zero-order valence-electron chi connectivity index (χ0n) is 16.9. The number of fused-ring (bicyclic) bond motifs is 3. The predicted octanol–water partition coefficient (Wildman–Crippen LogP) is 4.25. The lowest BCUT2D eigenvalue weighted by Gasteiger charge is -2.31. The second-order valence-electron chi connectivity index (χ2n) is 8.04. The minimum absolute atomic E-state index is 0.00639. The number of amides is 1. The Morgan fingerprint density at radius 1 is 1.26 bits per heavy atom. The van der Waals surface area contributed by atoms with Gasteiger partial charge in [0, 0.05) is 24.0 Å². The van der Waals surface area contributed by atoms with Gasteiger partial charge in [-0.15, -0.1) is 0 Å². The van der Waals surface area contributed by atoms with Crippen LogP contribution in [0, 0.1) is 12.8 Å². The normalized spacial score (nSPS) is 19.2. The third-order valence-corrected chi connectivity index (χ3v) is 6.43. The molecule has 1 aliphatic carbocycles. The highest BCUT2D eigenvalue weighted by molar-refractivity contribution is 6.37. The highest BCUT2D eigenvalue weighted by atomic mass is 35.5. The highest BCUT2D eigenvalue weighted by Crippen LogP contribution is 2.36. The topological polar surface area (TPSA) is 103 Å². The van der Waals surface area contributed by atoms with Crippen LogP contribution in [-0.2, 0) is 0 Å². The summed E-state index contributed by atoms with van der Waals surface area (Å²) in [6, 6.07) is 7.07. The van der Waals surface area contributed by atoms with Crippen LogP contribution in [0.15, 0.2) is 44.3 Å². The number of rotatable bonds is 4. The first-order valence-electron chi connectivity index (χ1n) is 10.3. The maximum Gasteiger partial charge on any atom is 0.289 e. The van der Waals surface area contributed by atoms with Gasteiger partial charge < -0.3 is 18.9 Å². The van der Waals surface area contributed by atoms with E-state index < -0.39 is 0 Å². The summed E-state index contributed by atoms with van der Waals surface area (Å²) in [5.74, 6) is 0.640. The highest BCUT2D eigenvalue weighted by Gasteiger charge is 2.28. The monoisotopic (exact) mass is 440 g/mol. The van der Waals surface area contributed by atoms with E-state index in [4.69, 9.17) is 20.6 Å². The van der Waals surface area contributed by atoms with Crippen molar-refractivity contribution in [2.45, 2.75) is 38.6 Å². The molecular formula is C22H21ClN4O4. The lowest BCUT2D eigenvalue weighted by Crippen LogP contribution is -2.34. The fraction of sp³-hybridized carbons (Fsp3) is 0.364. The van der Waals surface area contributed by atoms with Crippen molar-refractivity contribution >= 4 is 39.3 Å². The molecular weight excluding hydrogens is 420 g/mol. The number of nitrogens with zero attached hydrogens (tertiary/aromatic N) is 3. The Morgan fingerprint density at radius 3 is 2.94 bits per heavy atom. The molecule has 1 N–H and O–H groups in total. The molecule has 1 aliphatic rings. The number of nitrogens with one attached hydrogen (secondary N) is 1. The zero-order valence-corrected chi connectivity index (χ0v) is 17.7. The van der Waals surface area contributed by atoms with E-state index in [1.165, 1.54) is 12.3 Å². The van der Waals surface area contributed by atoms with Gasteiger partial charge in [0.05, 0.1) is 16.7 Å². The first-order valence-corrected chi connectivity index (χ1v) is 10.7. The zero-order chi connectivity index (χ0) is 21.5. The van der Waals surface area contributed by atoms with Gasteiger partial charge in [-0.1, -0.05) is 34.4 Å². The summed E-state index contributed by atoms with van der Waals surface area (Å²) < 4.78 is 12.1. The lowest BCUT2D eigenvalue weighted by molar-refractivity contribution is 0.0903. The Morgan fingerprint density at radius 2 is 2.13 bits per heavy atom. The van der Waals surface area contributed by atoms with Crippen molar-refractivity contribution in [1.82, 2.24) is 20.2 Å². The molecule has 0 spiro atoms. The van der Waals surface area contributed by atoms with E-state index in [0.717, 1.165) is 36.6 Å². The Kier molecular flexibility index (Phi) is 5.02. The second-order valence-corrected chi connectivity index (χ2v) is 8.45. The number of carbonyl (C=O) groups is 1. The summed E-state index contributed by atoms with van der Waals surface area (Å²) in [6.45, 7) is 2.25. The molecule has 9 heteroatoms. The molecule has 2 atom stereocenters. The molecule has 1 fully saturated rings. The number of aromatic nitrogens is 3. The molecule has 0 bridgehead atoms. The quantitative estimate of drug-likeness (QED) is 0.508.